The van der Waals surface area contributed by atoms with Crippen LogP contribution >= 0.6 is 0 Å². The van der Waals surface area contributed by atoms with E-state index in [1.807, 2.05) is 44.2 Å². The van der Waals surface area contributed by atoms with Crippen LogP contribution in [-0.4, -0.2) is 71.0 Å². The van der Waals surface area contributed by atoms with Gasteiger partial charge < -0.3 is 32.1 Å². The summed E-state index contributed by atoms with van der Waals surface area (Å²) in [6, 6.07) is 5.93. The third-order valence-corrected chi connectivity index (χ3v) is 6.36. The second-order valence-corrected chi connectivity index (χ2v) is 9.86. The van der Waals surface area contributed by atoms with Crippen LogP contribution in [-0.2, 0) is 25.6 Å². The first-order valence-corrected chi connectivity index (χ1v) is 12.8. The van der Waals surface area contributed by atoms with E-state index in [1.165, 1.54) is 4.90 Å². The zero-order valence-electron chi connectivity index (χ0n) is 21.3. The van der Waals surface area contributed by atoms with E-state index in [1.54, 1.807) is 0 Å². The molecule has 1 heterocycles. The minimum absolute atomic E-state index is 0.110. The van der Waals surface area contributed by atoms with Gasteiger partial charge in [-0.2, -0.15) is 0 Å². The standard InChI is InChI=1S/C26H41N5O5/c1-17(2)15-21(30-23(32)19(28)16-18-9-4-3-5-10-18)25(34)31-14-8-12-22(31)24(33)29-20(26(35)36)11-6-7-13-27/h3-5,9-10,17,19-22H,6-8,11-16,27-28H2,1-2H3,(H,29,33)(H,30,32)(H,35,36). The minimum Gasteiger partial charge on any atom is -0.480 e. The van der Waals surface area contributed by atoms with Gasteiger partial charge in [-0.3, -0.25) is 14.4 Å². The third kappa shape index (κ3) is 8.91. The number of nitrogens with two attached hydrogens (primary N) is 2. The van der Waals surface area contributed by atoms with Crippen LogP contribution in [0.1, 0.15) is 57.9 Å². The molecule has 1 aromatic carbocycles. The highest BCUT2D eigenvalue weighted by Crippen LogP contribution is 2.21. The van der Waals surface area contributed by atoms with Gasteiger partial charge in [-0.1, -0.05) is 44.2 Å². The number of rotatable bonds is 14. The number of aliphatic carboxylic acids is 1. The number of carboxylic acids is 1. The summed E-state index contributed by atoms with van der Waals surface area (Å²) in [5, 5.41) is 14.9. The fourth-order valence-corrected chi connectivity index (χ4v) is 4.45. The van der Waals surface area contributed by atoms with E-state index in [2.05, 4.69) is 10.6 Å². The Morgan fingerprint density at radius 1 is 1.08 bits per heavy atom. The lowest BCUT2D eigenvalue weighted by molar-refractivity contribution is -0.145. The predicted molar refractivity (Wildman–Crippen MR) is 137 cm³/mol. The molecule has 0 bridgehead atoms. The lowest BCUT2D eigenvalue weighted by Gasteiger charge is -2.30. The maximum Gasteiger partial charge on any atom is 0.326 e. The van der Waals surface area contributed by atoms with Gasteiger partial charge in [-0.15, -0.1) is 0 Å². The number of carbonyl (C=O) groups is 4. The fourth-order valence-electron chi connectivity index (χ4n) is 4.45. The number of hydrogen-bond acceptors (Lipinski definition) is 6. The largest absolute Gasteiger partial charge is 0.480 e. The van der Waals surface area contributed by atoms with Gasteiger partial charge >= 0.3 is 5.97 Å². The predicted octanol–water partition coefficient (Wildman–Crippen LogP) is 0.777. The summed E-state index contributed by atoms with van der Waals surface area (Å²) in [6.45, 7) is 4.71. The van der Waals surface area contributed by atoms with Gasteiger partial charge in [0.25, 0.3) is 0 Å². The van der Waals surface area contributed by atoms with E-state index >= 15 is 0 Å². The molecule has 7 N–H and O–H groups in total. The van der Waals surface area contributed by atoms with Crippen molar-refractivity contribution >= 4 is 23.7 Å². The molecule has 2 rings (SSSR count). The Bertz CT molecular complexity index is 879. The smallest absolute Gasteiger partial charge is 0.326 e. The van der Waals surface area contributed by atoms with Crippen molar-refractivity contribution in [1.29, 1.82) is 0 Å². The molecule has 1 saturated heterocycles. The van der Waals surface area contributed by atoms with Crippen LogP contribution in [0.25, 0.3) is 0 Å². The molecule has 1 aliphatic rings. The van der Waals surface area contributed by atoms with Crippen molar-refractivity contribution in [1.82, 2.24) is 15.5 Å². The Hall–Kier alpha value is -2.98. The topological polar surface area (TPSA) is 168 Å². The van der Waals surface area contributed by atoms with E-state index in [9.17, 15) is 24.3 Å². The van der Waals surface area contributed by atoms with Gasteiger partial charge in [-0.25, -0.2) is 4.79 Å². The van der Waals surface area contributed by atoms with Crippen LogP contribution in [0.3, 0.4) is 0 Å². The zero-order chi connectivity index (χ0) is 26.7. The minimum atomic E-state index is -1.12. The molecule has 3 amide bonds. The van der Waals surface area contributed by atoms with E-state index in [-0.39, 0.29) is 18.2 Å². The molecule has 1 fully saturated rings. The van der Waals surface area contributed by atoms with Crippen molar-refractivity contribution in [2.75, 3.05) is 13.1 Å². The highest BCUT2D eigenvalue weighted by Gasteiger charge is 2.39. The molecule has 200 valence electrons. The van der Waals surface area contributed by atoms with Crippen LogP contribution in [0.4, 0.5) is 0 Å². The van der Waals surface area contributed by atoms with Gasteiger partial charge in [0.1, 0.15) is 18.1 Å². The summed E-state index contributed by atoms with van der Waals surface area (Å²) in [5.41, 5.74) is 12.5. The summed E-state index contributed by atoms with van der Waals surface area (Å²) < 4.78 is 0. The number of unbranched alkanes of at least 4 members (excludes halogenated alkanes) is 1. The molecule has 36 heavy (non-hydrogen) atoms. The molecule has 4 atom stereocenters. The summed E-state index contributed by atoms with van der Waals surface area (Å²) in [4.78, 5) is 52.4. The van der Waals surface area contributed by atoms with Crippen molar-refractivity contribution < 1.29 is 24.3 Å². The molecule has 0 spiro atoms. The number of nitrogens with one attached hydrogen (secondary N) is 2. The molecule has 1 aromatic rings. The number of amides is 3. The van der Waals surface area contributed by atoms with E-state index in [0.29, 0.717) is 51.6 Å². The molecular formula is C26H41N5O5. The SMILES string of the molecule is CC(C)CC(NC(=O)C(N)Cc1ccccc1)C(=O)N1CCCC1C(=O)NC(CCCCN)C(=O)O. The molecule has 1 aliphatic heterocycles. The van der Waals surface area contributed by atoms with Crippen molar-refractivity contribution in [3.05, 3.63) is 35.9 Å². The maximum atomic E-state index is 13.5. The fraction of sp³-hybridized carbons (Fsp3) is 0.615. The molecule has 10 nitrogen and oxygen atoms in total. The normalized spacial score (nSPS) is 17.9. The lowest BCUT2D eigenvalue weighted by atomic mass is 10.0. The van der Waals surface area contributed by atoms with Crippen molar-refractivity contribution in [2.24, 2.45) is 17.4 Å². The Morgan fingerprint density at radius 3 is 2.39 bits per heavy atom. The van der Waals surface area contributed by atoms with Crippen LogP contribution in [0.15, 0.2) is 30.3 Å². The number of carbonyl (C=O) groups excluding carboxylic acids is 3. The first-order valence-electron chi connectivity index (χ1n) is 12.8. The second kappa shape index (κ2) is 14.5. The highest BCUT2D eigenvalue weighted by molar-refractivity contribution is 5.94. The van der Waals surface area contributed by atoms with Gasteiger partial charge in [0, 0.05) is 6.54 Å². The van der Waals surface area contributed by atoms with Crippen LogP contribution in [0, 0.1) is 5.92 Å². The second-order valence-electron chi connectivity index (χ2n) is 9.86. The number of carboxylic acid groups (broad SMARTS) is 1. The van der Waals surface area contributed by atoms with E-state index in [0.717, 1.165) is 5.56 Å². The zero-order valence-corrected chi connectivity index (χ0v) is 21.3. The van der Waals surface area contributed by atoms with Gasteiger partial charge in [0.2, 0.25) is 17.7 Å². The molecule has 0 saturated carbocycles. The maximum absolute atomic E-state index is 13.5. The number of likely N-dealkylation sites (tertiary alicyclic amines) is 1. The average molecular weight is 504 g/mol. The van der Waals surface area contributed by atoms with Crippen molar-refractivity contribution in [3.63, 3.8) is 0 Å². The lowest BCUT2D eigenvalue weighted by Crippen LogP contribution is -2.57. The summed E-state index contributed by atoms with van der Waals surface area (Å²) >= 11 is 0. The average Bonchev–Trinajstić information content (AvgIpc) is 3.33. The van der Waals surface area contributed by atoms with E-state index < -0.39 is 42.0 Å². The Morgan fingerprint density at radius 2 is 1.78 bits per heavy atom. The molecule has 10 heteroatoms. The van der Waals surface area contributed by atoms with Gasteiger partial charge in [0.15, 0.2) is 0 Å². The Balaban J connectivity index is 2.07. The quantitative estimate of drug-likeness (QED) is 0.234. The van der Waals surface area contributed by atoms with Crippen LogP contribution in [0.2, 0.25) is 0 Å². The summed E-state index contributed by atoms with van der Waals surface area (Å²) in [6.07, 6.45) is 3.29. The number of nitrogens with zero attached hydrogens (tertiary/aromatic N) is 1. The first-order chi connectivity index (χ1) is 17.1. The van der Waals surface area contributed by atoms with Gasteiger partial charge in [-0.05, 0) is 63.0 Å². The molecule has 0 aliphatic carbocycles. The summed E-state index contributed by atoms with van der Waals surface area (Å²) in [5.74, 6) is -2.27. The van der Waals surface area contributed by atoms with Crippen LogP contribution < -0.4 is 22.1 Å². The van der Waals surface area contributed by atoms with Crippen molar-refractivity contribution in [3.8, 4) is 0 Å². The molecule has 4 unspecified atom stereocenters. The van der Waals surface area contributed by atoms with Crippen molar-refractivity contribution in [2.45, 2.75) is 83.0 Å². The molecule has 0 aromatic heterocycles. The summed E-state index contributed by atoms with van der Waals surface area (Å²) in [7, 11) is 0. The van der Waals surface area contributed by atoms with Crippen LogP contribution in [0.5, 0.6) is 0 Å². The number of hydrogen-bond donors (Lipinski definition) is 5. The molecular weight excluding hydrogens is 462 g/mol. The first kappa shape index (κ1) is 29.3. The third-order valence-electron chi connectivity index (χ3n) is 6.36. The monoisotopic (exact) mass is 503 g/mol. The van der Waals surface area contributed by atoms with Gasteiger partial charge in [0.05, 0.1) is 6.04 Å². The Kier molecular flexibility index (Phi) is 11.8. The molecule has 0 radical (unpaired) electrons. The van der Waals surface area contributed by atoms with E-state index in [4.69, 9.17) is 11.5 Å². The Labute approximate surface area is 213 Å². The highest BCUT2D eigenvalue weighted by atomic mass is 16.4. The number of benzene rings is 1.